The normalized spacial score (nSPS) is 22.1. The summed E-state index contributed by atoms with van der Waals surface area (Å²) in [5, 5.41) is 3.71. The van der Waals surface area contributed by atoms with Crippen LogP contribution in [0.5, 0.6) is 11.5 Å². The van der Waals surface area contributed by atoms with Crippen LogP contribution in [0.15, 0.2) is 16.6 Å². The van der Waals surface area contributed by atoms with Crippen LogP contribution in [0.3, 0.4) is 0 Å². The molecule has 2 unspecified atom stereocenters. The van der Waals surface area contributed by atoms with E-state index in [1.807, 2.05) is 6.07 Å². The van der Waals surface area contributed by atoms with Gasteiger partial charge in [-0.25, -0.2) is 0 Å². The molecule has 21 heavy (non-hydrogen) atoms. The van der Waals surface area contributed by atoms with Crippen LogP contribution in [-0.4, -0.2) is 20.3 Å². The highest BCUT2D eigenvalue weighted by atomic mass is 79.9. The number of rotatable bonds is 6. The van der Waals surface area contributed by atoms with E-state index in [0.717, 1.165) is 28.4 Å². The lowest BCUT2D eigenvalue weighted by molar-refractivity contribution is 0.278. The van der Waals surface area contributed by atoms with Crippen LogP contribution in [0.4, 0.5) is 0 Å². The minimum absolute atomic E-state index is 0.642. The number of hydrogen-bond donors (Lipinski definition) is 1. The fourth-order valence-corrected chi connectivity index (χ4v) is 3.60. The second-order valence-electron chi connectivity index (χ2n) is 5.82. The minimum Gasteiger partial charge on any atom is -0.493 e. The molecule has 0 spiro atoms. The Hall–Kier alpha value is -0.740. The third-order valence-corrected chi connectivity index (χ3v) is 5.23. The largest absolute Gasteiger partial charge is 0.493 e. The number of ether oxygens (including phenoxy) is 2. The molecule has 4 heteroatoms. The molecule has 118 valence electrons. The first-order valence-corrected chi connectivity index (χ1v) is 8.61. The van der Waals surface area contributed by atoms with E-state index in [1.165, 1.54) is 37.7 Å². The number of hydrogen-bond acceptors (Lipinski definition) is 3. The monoisotopic (exact) mass is 355 g/mol. The lowest BCUT2D eigenvalue weighted by Gasteiger charge is -2.29. The SMILES string of the molecule is CCC1CCCC(NCc2cc(OC)c(OC)cc2Br)C1. The van der Waals surface area contributed by atoms with Gasteiger partial charge in [0.1, 0.15) is 0 Å². The summed E-state index contributed by atoms with van der Waals surface area (Å²) in [6, 6.07) is 4.67. The molecular formula is C17H26BrNO2. The van der Waals surface area contributed by atoms with Crippen molar-refractivity contribution in [3.8, 4) is 11.5 Å². The van der Waals surface area contributed by atoms with Crippen molar-refractivity contribution in [1.82, 2.24) is 5.32 Å². The molecule has 2 atom stereocenters. The number of halogens is 1. The van der Waals surface area contributed by atoms with Crippen molar-refractivity contribution in [3.63, 3.8) is 0 Å². The van der Waals surface area contributed by atoms with Crippen molar-refractivity contribution < 1.29 is 9.47 Å². The van der Waals surface area contributed by atoms with Crippen LogP contribution < -0.4 is 14.8 Å². The molecule has 1 aromatic rings. The van der Waals surface area contributed by atoms with Crippen LogP contribution >= 0.6 is 15.9 Å². The quantitative estimate of drug-likeness (QED) is 0.813. The number of nitrogens with one attached hydrogen (secondary N) is 1. The molecule has 1 N–H and O–H groups in total. The van der Waals surface area contributed by atoms with Crippen molar-refractivity contribution in [3.05, 3.63) is 22.2 Å². The minimum atomic E-state index is 0.642. The van der Waals surface area contributed by atoms with E-state index in [2.05, 4.69) is 34.2 Å². The fraction of sp³-hybridized carbons (Fsp3) is 0.647. The molecule has 0 radical (unpaired) electrons. The molecular weight excluding hydrogens is 330 g/mol. The Kier molecular flexibility index (Phi) is 6.37. The van der Waals surface area contributed by atoms with E-state index >= 15 is 0 Å². The van der Waals surface area contributed by atoms with Gasteiger partial charge >= 0.3 is 0 Å². The van der Waals surface area contributed by atoms with Gasteiger partial charge in [0.25, 0.3) is 0 Å². The highest BCUT2D eigenvalue weighted by molar-refractivity contribution is 9.10. The van der Waals surface area contributed by atoms with E-state index in [1.54, 1.807) is 14.2 Å². The van der Waals surface area contributed by atoms with Gasteiger partial charge in [0.15, 0.2) is 11.5 Å². The first-order chi connectivity index (χ1) is 10.2. The van der Waals surface area contributed by atoms with Crippen LogP contribution in [0.1, 0.15) is 44.6 Å². The van der Waals surface area contributed by atoms with Gasteiger partial charge in [0.05, 0.1) is 14.2 Å². The molecule has 0 saturated heterocycles. The van der Waals surface area contributed by atoms with Crippen molar-refractivity contribution in [2.24, 2.45) is 5.92 Å². The maximum atomic E-state index is 5.38. The highest BCUT2D eigenvalue weighted by Gasteiger charge is 2.20. The van der Waals surface area contributed by atoms with Gasteiger partial charge in [-0.2, -0.15) is 0 Å². The predicted molar refractivity (Wildman–Crippen MR) is 90.1 cm³/mol. The number of benzene rings is 1. The van der Waals surface area contributed by atoms with Gasteiger partial charge in [0, 0.05) is 17.1 Å². The van der Waals surface area contributed by atoms with Crippen molar-refractivity contribution in [1.29, 1.82) is 0 Å². The molecule has 1 fully saturated rings. The van der Waals surface area contributed by atoms with Gasteiger partial charge in [-0.1, -0.05) is 42.1 Å². The van der Waals surface area contributed by atoms with Gasteiger partial charge in [0.2, 0.25) is 0 Å². The van der Waals surface area contributed by atoms with E-state index in [9.17, 15) is 0 Å². The van der Waals surface area contributed by atoms with Gasteiger partial charge in [-0.15, -0.1) is 0 Å². The maximum absolute atomic E-state index is 5.38. The summed E-state index contributed by atoms with van der Waals surface area (Å²) in [5.74, 6) is 2.44. The topological polar surface area (TPSA) is 30.5 Å². The predicted octanol–water partition coefficient (Wildman–Crippen LogP) is 4.52. The van der Waals surface area contributed by atoms with Gasteiger partial charge < -0.3 is 14.8 Å². The first kappa shape index (κ1) is 16.6. The van der Waals surface area contributed by atoms with Gasteiger partial charge in [-0.3, -0.25) is 0 Å². The van der Waals surface area contributed by atoms with Crippen LogP contribution in [0.25, 0.3) is 0 Å². The van der Waals surface area contributed by atoms with Crippen LogP contribution in [0.2, 0.25) is 0 Å². The lowest BCUT2D eigenvalue weighted by atomic mass is 9.84. The molecule has 1 aliphatic rings. The van der Waals surface area contributed by atoms with Crippen molar-refractivity contribution in [2.45, 2.75) is 51.6 Å². The summed E-state index contributed by atoms with van der Waals surface area (Å²) in [6.07, 6.45) is 6.65. The zero-order valence-electron chi connectivity index (χ0n) is 13.2. The molecule has 3 nitrogen and oxygen atoms in total. The van der Waals surface area contributed by atoms with Crippen molar-refractivity contribution >= 4 is 15.9 Å². The summed E-state index contributed by atoms with van der Waals surface area (Å²) in [6.45, 7) is 3.17. The summed E-state index contributed by atoms with van der Waals surface area (Å²) in [4.78, 5) is 0. The average molecular weight is 356 g/mol. The lowest BCUT2D eigenvalue weighted by Crippen LogP contribution is -2.33. The molecule has 2 rings (SSSR count). The maximum Gasteiger partial charge on any atom is 0.161 e. The Balaban J connectivity index is 1.99. The Morgan fingerprint density at radius 2 is 1.90 bits per heavy atom. The Labute approximate surface area is 136 Å². The highest BCUT2D eigenvalue weighted by Crippen LogP contribution is 2.33. The van der Waals surface area contributed by atoms with E-state index in [4.69, 9.17) is 9.47 Å². The second kappa shape index (κ2) is 8.04. The zero-order chi connectivity index (χ0) is 15.2. The first-order valence-electron chi connectivity index (χ1n) is 7.81. The summed E-state index contributed by atoms with van der Waals surface area (Å²) in [5.41, 5.74) is 1.21. The van der Waals surface area contributed by atoms with Crippen molar-refractivity contribution in [2.75, 3.05) is 14.2 Å². The molecule has 0 bridgehead atoms. The third-order valence-electron chi connectivity index (χ3n) is 4.49. The average Bonchev–Trinajstić information content (AvgIpc) is 2.53. The fourth-order valence-electron chi connectivity index (χ4n) is 3.13. The third kappa shape index (κ3) is 4.36. The molecule has 1 aromatic carbocycles. The molecule has 1 saturated carbocycles. The summed E-state index contributed by atoms with van der Waals surface area (Å²) >= 11 is 3.63. The zero-order valence-corrected chi connectivity index (χ0v) is 14.8. The Bertz CT molecular complexity index is 464. The van der Waals surface area contributed by atoms with Crippen LogP contribution in [-0.2, 0) is 6.54 Å². The van der Waals surface area contributed by atoms with Gasteiger partial charge in [-0.05, 0) is 36.5 Å². The molecule has 0 amide bonds. The summed E-state index contributed by atoms with van der Waals surface area (Å²) in [7, 11) is 3.34. The Morgan fingerprint density at radius 1 is 1.19 bits per heavy atom. The Morgan fingerprint density at radius 3 is 2.57 bits per heavy atom. The molecule has 1 aliphatic carbocycles. The van der Waals surface area contributed by atoms with E-state index in [0.29, 0.717) is 6.04 Å². The molecule has 0 aromatic heterocycles. The smallest absolute Gasteiger partial charge is 0.161 e. The van der Waals surface area contributed by atoms with E-state index < -0.39 is 0 Å². The second-order valence-corrected chi connectivity index (χ2v) is 6.67. The molecule has 0 aliphatic heterocycles. The molecule has 0 heterocycles. The van der Waals surface area contributed by atoms with E-state index in [-0.39, 0.29) is 0 Å². The van der Waals surface area contributed by atoms with Crippen LogP contribution in [0, 0.1) is 5.92 Å². The standard InChI is InChI=1S/C17H26BrNO2/c1-4-12-6-5-7-14(8-12)19-11-13-9-16(20-2)17(21-3)10-15(13)18/h9-10,12,14,19H,4-8,11H2,1-3H3. The number of methoxy groups -OCH3 is 2. The summed E-state index contributed by atoms with van der Waals surface area (Å²) < 4.78 is 11.8.